The number of para-hydroxylation sites is 1. The van der Waals surface area contributed by atoms with Crippen molar-refractivity contribution in [2.24, 2.45) is 0 Å². The van der Waals surface area contributed by atoms with Crippen LogP contribution in [0.2, 0.25) is 5.02 Å². The Kier molecular flexibility index (Phi) is 3.79. The summed E-state index contributed by atoms with van der Waals surface area (Å²) in [5.41, 5.74) is 2.66. The van der Waals surface area contributed by atoms with Crippen molar-refractivity contribution in [3.63, 3.8) is 0 Å². The third-order valence-electron chi connectivity index (χ3n) is 4.17. The molecule has 1 aliphatic rings. The van der Waals surface area contributed by atoms with Gasteiger partial charge in [-0.15, -0.1) is 0 Å². The summed E-state index contributed by atoms with van der Waals surface area (Å²) >= 11 is 6.24. The van der Waals surface area contributed by atoms with Crippen molar-refractivity contribution in [3.05, 3.63) is 58.6 Å². The zero-order valence-electron chi connectivity index (χ0n) is 11.9. The molecule has 0 spiro atoms. The summed E-state index contributed by atoms with van der Waals surface area (Å²) < 4.78 is 5.32. The Balaban J connectivity index is 2.02. The maximum Gasteiger partial charge on any atom is 0.119 e. The minimum atomic E-state index is -0.505. The van der Waals surface area contributed by atoms with Crippen LogP contribution in [0.15, 0.2) is 42.5 Å². The third kappa shape index (κ3) is 2.47. The topological polar surface area (TPSA) is 41.5 Å². The molecule has 4 heteroatoms. The summed E-state index contributed by atoms with van der Waals surface area (Å²) in [6.07, 6.45) is 1.76. The van der Waals surface area contributed by atoms with Crippen LogP contribution in [0.4, 0.5) is 5.69 Å². The van der Waals surface area contributed by atoms with Gasteiger partial charge in [0.1, 0.15) is 5.75 Å². The smallest absolute Gasteiger partial charge is 0.119 e. The van der Waals surface area contributed by atoms with Gasteiger partial charge in [0.2, 0.25) is 0 Å². The Labute approximate surface area is 129 Å². The first-order chi connectivity index (χ1) is 10.2. The van der Waals surface area contributed by atoms with Crippen molar-refractivity contribution >= 4 is 17.3 Å². The van der Waals surface area contributed by atoms with E-state index in [-0.39, 0.29) is 6.61 Å². The van der Waals surface area contributed by atoms with E-state index in [1.165, 1.54) is 5.56 Å². The number of halogens is 1. The van der Waals surface area contributed by atoms with Crippen LogP contribution in [0, 0.1) is 0 Å². The molecule has 0 amide bonds. The summed E-state index contributed by atoms with van der Waals surface area (Å²) in [5, 5.41) is 14.1. The molecule has 1 atom stereocenters. The molecule has 3 nitrogen and oxygen atoms in total. The van der Waals surface area contributed by atoms with E-state index in [2.05, 4.69) is 11.4 Å². The lowest BCUT2D eigenvalue weighted by atomic mass is 9.92. The molecule has 0 radical (unpaired) electrons. The van der Waals surface area contributed by atoms with Crippen LogP contribution in [0.1, 0.15) is 17.5 Å². The standard InChI is InChI=1S/C17H18ClNO2/c1-21-13-7-6-12-8-9-17(11-20,14(12)10-13)19-16-5-3-2-4-15(16)18/h2-7,10,19-20H,8-9,11H2,1H3. The van der Waals surface area contributed by atoms with Crippen molar-refractivity contribution in [1.29, 1.82) is 0 Å². The molecule has 3 rings (SSSR count). The summed E-state index contributed by atoms with van der Waals surface area (Å²) in [6.45, 7) is 0.0123. The summed E-state index contributed by atoms with van der Waals surface area (Å²) in [5.74, 6) is 0.800. The highest BCUT2D eigenvalue weighted by Crippen LogP contribution is 2.42. The molecular formula is C17H18ClNO2. The highest BCUT2D eigenvalue weighted by molar-refractivity contribution is 6.33. The lowest BCUT2D eigenvalue weighted by Crippen LogP contribution is -2.37. The van der Waals surface area contributed by atoms with Gasteiger partial charge in [0.15, 0.2) is 0 Å². The van der Waals surface area contributed by atoms with Crippen molar-refractivity contribution < 1.29 is 9.84 Å². The lowest BCUT2D eigenvalue weighted by Gasteiger charge is -2.31. The average molecular weight is 304 g/mol. The normalized spacial score (nSPS) is 20.1. The average Bonchev–Trinajstić information content (AvgIpc) is 2.88. The van der Waals surface area contributed by atoms with E-state index in [1.54, 1.807) is 7.11 Å². The number of aliphatic hydroxyl groups is 1. The molecule has 0 aromatic heterocycles. The van der Waals surface area contributed by atoms with Gasteiger partial charge in [0.05, 0.1) is 30.0 Å². The SMILES string of the molecule is COc1ccc2c(c1)C(CO)(Nc1ccccc1Cl)CC2. The number of fused-ring (bicyclic) bond motifs is 1. The predicted octanol–water partition coefficient (Wildman–Crippen LogP) is 3.59. The summed E-state index contributed by atoms with van der Waals surface area (Å²) in [4.78, 5) is 0. The largest absolute Gasteiger partial charge is 0.497 e. The number of hydrogen-bond donors (Lipinski definition) is 2. The van der Waals surface area contributed by atoms with Gasteiger partial charge < -0.3 is 15.2 Å². The Morgan fingerprint density at radius 1 is 1.29 bits per heavy atom. The minimum absolute atomic E-state index is 0.0123. The molecular weight excluding hydrogens is 286 g/mol. The quantitative estimate of drug-likeness (QED) is 0.907. The maximum atomic E-state index is 10.0. The van der Waals surface area contributed by atoms with E-state index in [9.17, 15) is 5.11 Å². The van der Waals surface area contributed by atoms with E-state index in [1.807, 2.05) is 36.4 Å². The van der Waals surface area contributed by atoms with Gasteiger partial charge in [-0.05, 0) is 48.2 Å². The van der Waals surface area contributed by atoms with E-state index in [0.29, 0.717) is 5.02 Å². The van der Waals surface area contributed by atoms with Crippen LogP contribution < -0.4 is 10.1 Å². The van der Waals surface area contributed by atoms with Crippen LogP contribution in [0.3, 0.4) is 0 Å². The molecule has 2 aromatic rings. The molecule has 0 saturated heterocycles. The molecule has 0 saturated carbocycles. The maximum absolute atomic E-state index is 10.0. The zero-order chi connectivity index (χ0) is 14.9. The predicted molar refractivity (Wildman–Crippen MR) is 85.2 cm³/mol. The van der Waals surface area contributed by atoms with E-state index in [0.717, 1.165) is 29.8 Å². The second kappa shape index (κ2) is 5.58. The number of aliphatic hydroxyl groups excluding tert-OH is 1. The number of hydrogen-bond acceptors (Lipinski definition) is 3. The zero-order valence-corrected chi connectivity index (χ0v) is 12.7. The first-order valence-electron chi connectivity index (χ1n) is 6.99. The molecule has 0 fully saturated rings. The number of nitrogens with one attached hydrogen (secondary N) is 1. The number of rotatable bonds is 4. The molecule has 110 valence electrons. The van der Waals surface area contributed by atoms with Crippen LogP contribution in [0.5, 0.6) is 5.75 Å². The highest BCUT2D eigenvalue weighted by atomic mass is 35.5. The fourth-order valence-corrected chi connectivity index (χ4v) is 3.17. The molecule has 0 aliphatic heterocycles. The van der Waals surface area contributed by atoms with Crippen LogP contribution in [-0.4, -0.2) is 18.8 Å². The van der Waals surface area contributed by atoms with Gasteiger partial charge in [0.25, 0.3) is 0 Å². The Hall–Kier alpha value is -1.71. The van der Waals surface area contributed by atoms with Crippen molar-refractivity contribution in [2.75, 3.05) is 19.0 Å². The fraction of sp³-hybridized carbons (Fsp3) is 0.294. The molecule has 2 aromatic carbocycles. The van der Waals surface area contributed by atoms with E-state index in [4.69, 9.17) is 16.3 Å². The van der Waals surface area contributed by atoms with E-state index >= 15 is 0 Å². The first kappa shape index (κ1) is 14.2. The lowest BCUT2D eigenvalue weighted by molar-refractivity contribution is 0.211. The number of methoxy groups -OCH3 is 1. The second-order valence-electron chi connectivity index (χ2n) is 5.37. The number of ether oxygens (including phenoxy) is 1. The molecule has 1 unspecified atom stereocenters. The van der Waals surface area contributed by atoms with Crippen LogP contribution in [0.25, 0.3) is 0 Å². The Bertz CT molecular complexity index is 659. The summed E-state index contributed by atoms with van der Waals surface area (Å²) in [6, 6.07) is 13.6. The van der Waals surface area contributed by atoms with Crippen LogP contribution >= 0.6 is 11.6 Å². The van der Waals surface area contributed by atoms with Gasteiger partial charge in [-0.2, -0.15) is 0 Å². The van der Waals surface area contributed by atoms with Crippen LogP contribution in [-0.2, 0) is 12.0 Å². The molecule has 2 N–H and O–H groups in total. The highest BCUT2D eigenvalue weighted by Gasteiger charge is 2.38. The molecule has 0 bridgehead atoms. The monoisotopic (exact) mass is 303 g/mol. The third-order valence-corrected chi connectivity index (χ3v) is 4.50. The van der Waals surface area contributed by atoms with Gasteiger partial charge in [-0.1, -0.05) is 29.8 Å². The van der Waals surface area contributed by atoms with Crippen molar-refractivity contribution in [3.8, 4) is 5.75 Å². The van der Waals surface area contributed by atoms with Gasteiger partial charge in [-0.3, -0.25) is 0 Å². The van der Waals surface area contributed by atoms with Gasteiger partial charge in [-0.25, -0.2) is 0 Å². The number of benzene rings is 2. The molecule has 1 aliphatic carbocycles. The Morgan fingerprint density at radius 2 is 2.10 bits per heavy atom. The first-order valence-corrected chi connectivity index (χ1v) is 7.37. The molecule has 21 heavy (non-hydrogen) atoms. The Morgan fingerprint density at radius 3 is 2.81 bits per heavy atom. The number of anilines is 1. The second-order valence-corrected chi connectivity index (χ2v) is 5.78. The van der Waals surface area contributed by atoms with Crippen molar-refractivity contribution in [2.45, 2.75) is 18.4 Å². The number of aryl methyl sites for hydroxylation is 1. The van der Waals surface area contributed by atoms with Gasteiger partial charge in [0, 0.05) is 0 Å². The van der Waals surface area contributed by atoms with E-state index < -0.39 is 5.54 Å². The van der Waals surface area contributed by atoms with Crippen molar-refractivity contribution in [1.82, 2.24) is 0 Å². The minimum Gasteiger partial charge on any atom is -0.497 e. The molecule has 0 heterocycles. The fourth-order valence-electron chi connectivity index (χ4n) is 2.98. The van der Waals surface area contributed by atoms with Gasteiger partial charge >= 0.3 is 0 Å². The summed E-state index contributed by atoms with van der Waals surface area (Å²) in [7, 11) is 1.65.